The highest BCUT2D eigenvalue weighted by molar-refractivity contribution is 8.18. The van der Waals surface area contributed by atoms with E-state index in [0.717, 1.165) is 10.7 Å². The van der Waals surface area contributed by atoms with Crippen LogP contribution in [0, 0.1) is 12.3 Å². The highest BCUT2D eigenvalue weighted by Gasteiger charge is 2.31. The second-order valence-corrected chi connectivity index (χ2v) is 6.06. The van der Waals surface area contributed by atoms with Crippen LogP contribution in [0.5, 0.6) is 11.5 Å². The zero-order valence-electron chi connectivity index (χ0n) is 14.7. The van der Waals surface area contributed by atoms with Crippen molar-refractivity contribution in [3.8, 4) is 23.8 Å². The summed E-state index contributed by atoms with van der Waals surface area (Å²) in [6, 6.07) is 5.53. The Balaban J connectivity index is 2.31. The summed E-state index contributed by atoms with van der Waals surface area (Å²) in [7, 11) is 0. The fourth-order valence-corrected chi connectivity index (χ4v) is 3.42. The zero-order valence-corrected chi connectivity index (χ0v) is 15.6. The number of hydrogen-bond donors (Lipinski definition) is 0. The van der Waals surface area contributed by atoms with Gasteiger partial charge in [-0.15, -0.1) is 6.42 Å². The van der Waals surface area contributed by atoms with E-state index < -0.39 is 0 Å². The molecule has 2 rings (SSSR count). The first-order valence-electron chi connectivity index (χ1n) is 8.23. The maximum atomic E-state index is 12.5. The van der Waals surface area contributed by atoms with Crippen LogP contribution in [0.25, 0.3) is 6.08 Å². The Morgan fingerprint density at radius 2 is 2.08 bits per heavy atom. The molecule has 0 radical (unpaired) electrons. The molecule has 1 aliphatic heterocycles. The number of amides is 1. The lowest BCUT2D eigenvalue weighted by Crippen LogP contribution is -2.28. The van der Waals surface area contributed by atoms with Crippen LogP contribution in [0.15, 0.2) is 28.1 Å². The minimum absolute atomic E-state index is 0.0229. The minimum atomic E-state index is -0.0229. The van der Waals surface area contributed by atoms with Crippen LogP contribution in [0.2, 0.25) is 0 Å². The molecular weight excluding hydrogens is 336 g/mol. The van der Waals surface area contributed by atoms with Crippen molar-refractivity contribution in [2.24, 2.45) is 4.99 Å². The van der Waals surface area contributed by atoms with Gasteiger partial charge in [-0.05, 0) is 56.3 Å². The monoisotopic (exact) mass is 358 g/mol. The molecule has 1 heterocycles. The molecule has 1 saturated heterocycles. The lowest BCUT2D eigenvalue weighted by molar-refractivity contribution is -0.122. The van der Waals surface area contributed by atoms with Gasteiger partial charge in [0, 0.05) is 13.1 Å². The number of ether oxygens (including phenoxy) is 2. The second-order valence-electron chi connectivity index (χ2n) is 5.05. The summed E-state index contributed by atoms with van der Waals surface area (Å²) in [4.78, 5) is 19.3. The SMILES string of the molecule is C#CCOc1ccc(/C=C2\SC(=NCC)N(CC)C2=O)cc1OCC. The number of terminal acetylenes is 1. The molecule has 0 aromatic heterocycles. The average molecular weight is 358 g/mol. The molecule has 1 aromatic carbocycles. The van der Waals surface area contributed by atoms with Crippen LogP contribution in [-0.4, -0.2) is 42.3 Å². The van der Waals surface area contributed by atoms with Gasteiger partial charge in [-0.1, -0.05) is 12.0 Å². The lowest BCUT2D eigenvalue weighted by atomic mass is 10.2. The van der Waals surface area contributed by atoms with Gasteiger partial charge in [0.25, 0.3) is 5.91 Å². The zero-order chi connectivity index (χ0) is 18.2. The Morgan fingerprint density at radius 1 is 1.28 bits per heavy atom. The number of hydrogen-bond acceptors (Lipinski definition) is 5. The molecular formula is C19H22N2O3S. The molecule has 0 atom stereocenters. The predicted octanol–water partition coefficient (Wildman–Crippen LogP) is 3.41. The quantitative estimate of drug-likeness (QED) is 0.554. The van der Waals surface area contributed by atoms with Crippen molar-refractivity contribution in [1.82, 2.24) is 4.90 Å². The van der Waals surface area contributed by atoms with Gasteiger partial charge in [0.05, 0.1) is 11.5 Å². The van der Waals surface area contributed by atoms with Gasteiger partial charge >= 0.3 is 0 Å². The summed E-state index contributed by atoms with van der Waals surface area (Å²) in [5.74, 6) is 3.62. The Morgan fingerprint density at radius 3 is 2.72 bits per heavy atom. The molecule has 0 saturated carbocycles. The van der Waals surface area contributed by atoms with E-state index in [0.29, 0.717) is 36.1 Å². The summed E-state index contributed by atoms with van der Waals surface area (Å²) in [5.41, 5.74) is 0.862. The van der Waals surface area contributed by atoms with Crippen molar-refractivity contribution in [1.29, 1.82) is 0 Å². The van der Waals surface area contributed by atoms with Crippen molar-refractivity contribution in [2.75, 3.05) is 26.3 Å². The summed E-state index contributed by atoms with van der Waals surface area (Å²) < 4.78 is 11.1. The molecule has 5 nitrogen and oxygen atoms in total. The van der Waals surface area contributed by atoms with Crippen LogP contribution < -0.4 is 9.47 Å². The third-order valence-electron chi connectivity index (χ3n) is 3.37. The van der Waals surface area contributed by atoms with Crippen LogP contribution in [0.4, 0.5) is 0 Å². The standard InChI is InChI=1S/C19H22N2O3S/c1-5-11-24-15-10-9-14(12-16(15)23-8-4)13-17-18(22)21(7-3)19(25-17)20-6-2/h1,9-10,12-13H,6-8,11H2,2-4H3/b17-13-,20-19?. The molecule has 0 unspecified atom stereocenters. The normalized spacial score (nSPS) is 17.2. The second kappa shape index (κ2) is 9.19. The highest BCUT2D eigenvalue weighted by Crippen LogP contribution is 2.34. The number of rotatable bonds is 7. The lowest BCUT2D eigenvalue weighted by Gasteiger charge is -2.12. The van der Waals surface area contributed by atoms with Crippen LogP contribution >= 0.6 is 11.8 Å². The minimum Gasteiger partial charge on any atom is -0.490 e. The molecule has 0 N–H and O–H groups in total. The number of aliphatic imine (C=N–C) groups is 1. The van der Waals surface area contributed by atoms with Gasteiger partial charge in [-0.3, -0.25) is 14.7 Å². The molecule has 0 spiro atoms. The number of benzene rings is 1. The summed E-state index contributed by atoms with van der Waals surface area (Å²) in [6.45, 7) is 7.74. The van der Waals surface area contributed by atoms with E-state index in [9.17, 15) is 4.79 Å². The smallest absolute Gasteiger partial charge is 0.266 e. The summed E-state index contributed by atoms with van der Waals surface area (Å²) in [5, 5.41) is 0.750. The molecule has 25 heavy (non-hydrogen) atoms. The number of carbonyl (C=O) groups is 1. The molecule has 1 fully saturated rings. The Hall–Kier alpha value is -2.39. The number of amidine groups is 1. The molecule has 1 aromatic rings. The maximum Gasteiger partial charge on any atom is 0.266 e. The number of thioether (sulfide) groups is 1. The van der Waals surface area contributed by atoms with Gasteiger partial charge in [0.15, 0.2) is 16.7 Å². The van der Waals surface area contributed by atoms with Gasteiger partial charge in [0.2, 0.25) is 0 Å². The Labute approximate surface area is 153 Å². The van der Waals surface area contributed by atoms with Crippen molar-refractivity contribution in [2.45, 2.75) is 20.8 Å². The van der Waals surface area contributed by atoms with E-state index in [2.05, 4.69) is 10.9 Å². The van der Waals surface area contributed by atoms with Crippen molar-refractivity contribution in [3.63, 3.8) is 0 Å². The molecule has 1 amide bonds. The van der Waals surface area contributed by atoms with Gasteiger partial charge < -0.3 is 9.47 Å². The molecule has 132 valence electrons. The molecule has 0 aliphatic carbocycles. The van der Waals surface area contributed by atoms with Gasteiger partial charge in [0.1, 0.15) is 6.61 Å². The topological polar surface area (TPSA) is 51.1 Å². The first-order chi connectivity index (χ1) is 12.1. The fraction of sp³-hybridized carbons (Fsp3) is 0.368. The first-order valence-corrected chi connectivity index (χ1v) is 9.05. The molecule has 0 bridgehead atoms. The Kier molecular flexibility index (Phi) is 6.96. The van der Waals surface area contributed by atoms with E-state index >= 15 is 0 Å². The molecule has 6 heteroatoms. The van der Waals surface area contributed by atoms with Gasteiger partial charge in [-0.25, -0.2) is 0 Å². The first kappa shape index (κ1) is 18.9. The van der Waals surface area contributed by atoms with E-state index in [1.807, 2.05) is 39.0 Å². The summed E-state index contributed by atoms with van der Waals surface area (Å²) >= 11 is 1.40. The van der Waals surface area contributed by atoms with Crippen LogP contribution in [-0.2, 0) is 4.79 Å². The van der Waals surface area contributed by atoms with E-state index in [1.165, 1.54) is 11.8 Å². The molecule has 1 aliphatic rings. The Bertz CT molecular complexity index is 735. The number of nitrogens with zero attached hydrogens (tertiary/aromatic N) is 2. The largest absolute Gasteiger partial charge is 0.490 e. The van der Waals surface area contributed by atoms with Crippen LogP contribution in [0.3, 0.4) is 0 Å². The fourth-order valence-electron chi connectivity index (χ4n) is 2.31. The van der Waals surface area contributed by atoms with Crippen LogP contribution in [0.1, 0.15) is 26.3 Å². The third kappa shape index (κ3) is 4.58. The number of carbonyl (C=O) groups excluding carboxylic acids is 1. The van der Waals surface area contributed by atoms with Crippen molar-refractivity contribution >= 4 is 28.9 Å². The average Bonchev–Trinajstić information content (AvgIpc) is 2.89. The predicted molar refractivity (Wildman–Crippen MR) is 103 cm³/mol. The van der Waals surface area contributed by atoms with Crippen molar-refractivity contribution < 1.29 is 14.3 Å². The summed E-state index contributed by atoms with van der Waals surface area (Å²) in [6.07, 6.45) is 7.09. The highest BCUT2D eigenvalue weighted by atomic mass is 32.2. The van der Waals surface area contributed by atoms with E-state index in [4.69, 9.17) is 15.9 Å². The third-order valence-corrected chi connectivity index (χ3v) is 4.42. The van der Waals surface area contributed by atoms with Crippen molar-refractivity contribution in [3.05, 3.63) is 28.7 Å². The number of likely N-dealkylation sites (N-methyl/N-ethyl adjacent to an activating group) is 1. The van der Waals surface area contributed by atoms with E-state index in [1.54, 1.807) is 11.0 Å². The van der Waals surface area contributed by atoms with Gasteiger partial charge in [-0.2, -0.15) is 0 Å². The maximum absolute atomic E-state index is 12.5. The van der Waals surface area contributed by atoms with E-state index in [-0.39, 0.29) is 12.5 Å².